The van der Waals surface area contributed by atoms with E-state index in [4.69, 9.17) is 11.6 Å². The first kappa shape index (κ1) is 18.7. The van der Waals surface area contributed by atoms with E-state index in [1.807, 2.05) is 12.1 Å². The Bertz CT molecular complexity index is 846. The van der Waals surface area contributed by atoms with Crippen LogP contribution in [0.1, 0.15) is 29.6 Å². The molecule has 1 N–H and O–H groups in total. The molecule has 1 fully saturated rings. The largest absolute Gasteiger partial charge is 0.322 e. The molecule has 2 aromatic rings. The van der Waals surface area contributed by atoms with Crippen molar-refractivity contribution >= 4 is 63.3 Å². The van der Waals surface area contributed by atoms with Gasteiger partial charge in [0.25, 0.3) is 5.91 Å². The molecule has 1 aliphatic rings. The fourth-order valence-electron chi connectivity index (χ4n) is 2.57. The zero-order valence-electron chi connectivity index (χ0n) is 13.0. The summed E-state index contributed by atoms with van der Waals surface area (Å²) in [5.41, 5.74) is 0.943. The molecule has 1 aliphatic carbocycles. The molecule has 0 spiro atoms. The van der Waals surface area contributed by atoms with Gasteiger partial charge in [0.05, 0.1) is 5.02 Å². The number of rotatable bonds is 4. The first-order valence-corrected chi connectivity index (χ1v) is 10.0. The van der Waals surface area contributed by atoms with Gasteiger partial charge in [0.2, 0.25) is 0 Å². The van der Waals surface area contributed by atoms with E-state index >= 15 is 0 Å². The third kappa shape index (κ3) is 4.74. The Labute approximate surface area is 167 Å². The van der Waals surface area contributed by atoms with Crippen LogP contribution in [0.4, 0.5) is 10.1 Å². The van der Waals surface area contributed by atoms with Crippen molar-refractivity contribution in [3.05, 3.63) is 56.4 Å². The van der Waals surface area contributed by atoms with Crippen LogP contribution < -0.4 is 5.32 Å². The van der Waals surface area contributed by atoms with Crippen molar-refractivity contribution in [2.75, 3.05) is 5.32 Å². The maximum Gasteiger partial charge on any atom is 0.255 e. The summed E-state index contributed by atoms with van der Waals surface area (Å²) in [6, 6.07) is 9.51. The quantitative estimate of drug-likeness (QED) is 0.573. The SMILES string of the molecule is O=C1CCC(Sc2cc(C(=O)Nc3ccc(F)c(Cl)c3)ccc2I)C1. The Balaban J connectivity index is 1.75. The van der Waals surface area contributed by atoms with Crippen LogP contribution in [0, 0.1) is 9.39 Å². The Morgan fingerprint density at radius 1 is 1.28 bits per heavy atom. The van der Waals surface area contributed by atoms with Crippen LogP contribution in [0.5, 0.6) is 0 Å². The van der Waals surface area contributed by atoms with Crippen molar-refractivity contribution in [1.29, 1.82) is 0 Å². The van der Waals surface area contributed by atoms with E-state index in [2.05, 4.69) is 27.9 Å². The standard InChI is InChI=1S/C18H14ClFINO2S/c19-14-8-11(2-5-15(14)20)22-18(24)10-1-6-16(21)17(7-10)25-13-4-3-12(23)9-13/h1-2,5-8,13H,3-4,9H2,(H,22,24). The van der Waals surface area contributed by atoms with E-state index in [-0.39, 0.29) is 16.2 Å². The molecule has 3 rings (SSSR count). The highest BCUT2D eigenvalue weighted by atomic mass is 127. The smallest absolute Gasteiger partial charge is 0.255 e. The first-order chi connectivity index (χ1) is 11.9. The van der Waals surface area contributed by atoms with Crippen LogP contribution >= 0.6 is 46.0 Å². The molecule has 3 nitrogen and oxygen atoms in total. The molecule has 1 unspecified atom stereocenters. The highest BCUT2D eigenvalue weighted by molar-refractivity contribution is 14.1. The average molecular weight is 490 g/mol. The van der Waals surface area contributed by atoms with E-state index in [1.54, 1.807) is 17.8 Å². The van der Waals surface area contributed by atoms with Crippen LogP contribution in [0.25, 0.3) is 0 Å². The van der Waals surface area contributed by atoms with Gasteiger partial charge < -0.3 is 5.32 Å². The number of nitrogens with one attached hydrogen (secondary N) is 1. The number of hydrogen-bond donors (Lipinski definition) is 1. The highest BCUT2D eigenvalue weighted by Crippen LogP contribution is 2.36. The minimum absolute atomic E-state index is 0.0393. The van der Waals surface area contributed by atoms with Gasteiger partial charge in [-0.1, -0.05) is 11.6 Å². The van der Waals surface area contributed by atoms with Gasteiger partial charge >= 0.3 is 0 Å². The van der Waals surface area contributed by atoms with Gasteiger partial charge in [-0.25, -0.2) is 4.39 Å². The first-order valence-electron chi connectivity index (χ1n) is 7.66. The summed E-state index contributed by atoms with van der Waals surface area (Å²) in [5, 5.41) is 2.95. The minimum Gasteiger partial charge on any atom is -0.322 e. The summed E-state index contributed by atoms with van der Waals surface area (Å²) in [7, 11) is 0. The molecule has 0 bridgehead atoms. The lowest BCUT2D eigenvalue weighted by molar-refractivity contribution is -0.117. The molecule has 0 radical (unpaired) electrons. The van der Waals surface area contributed by atoms with Crippen molar-refractivity contribution in [3.8, 4) is 0 Å². The summed E-state index contributed by atoms with van der Waals surface area (Å²) in [6.45, 7) is 0. The van der Waals surface area contributed by atoms with Gasteiger partial charge in [0, 0.05) is 37.8 Å². The number of benzene rings is 2. The van der Waals surface area contributed by atoms with E-state index in [1.165, 1.54) is 18.2 Å². The second kappa shape index (κ2) is 8.05. The Hall–Kier alpha value is -1.12. The van der Waals surface area contributed by atoms with E-state index in [0.717, 1.165) is 14.9 Å². The third-order valence-electron chi connectivity index (χ3n) is 3.86. The van der Waals surface area contributed by atoms with Crippen LogP contribution in [0.2, 0.25) is 5.02 Å². The number of halogens is 3. The summed E-state index contributed by atoms with van der Waals surface area (Å²) in [5.74, 6) is -0.517. The number of ketones is 1. The van der Waals surface area contributed by atoms with Gasteiger partial charge in [0.15, 0.2) is 0 Å². The molecule has 1 amide bonds. The summed E-state index contributed by atoms with van der Waals surface area (Å²) < 4.78 is 14.3. The maximum absolute atomic E-state index is 13.2. The number of hydrogen-bond acceptors (Lipinski definition) is 3. The minimum atomic E-state index is -0.529. The topological polar surface area (TPSA) is 46.2 Å². The molecule has 0 aliphatic heterocycles. The molecule has 7 heteroatoms. The Morgan fingerprint density at radius 3 is 2.76 bits per heavy atom. The average Bonchev–Trinajstić information content (AvgIpc) is 2.98. The summed E-state index contributed by atoms with van der Waals surface area (Å²) >= 11 is 9.61. The fourth-order valence-corrected chi connectivity index (χ4v) is 4.71. The fraction of sp³-hybridized carbons (Fsp3) is 0.222. The molecule has 1 atom stereocenters. The monoisotopic (exact) mass is 489 g/mol. The predicted octanol–water partition coefficient (Wildman–Crippen LogP) is 5.55. The van der Waals surface area contributed by atoms with Crippen molar-refractivity contribution in [1.82, 2.24) is 0 Å². The van der Waals surface area contributed by atoms with Gasteiger partial charge in [-0.05, 0) is 65.4 Å². The van der Waals surface area contributed by atoms with Gasteiger partial charge in [-0.15, -0.1) is 11.8 Å². The van der Waals surface area contributed by atoms with Crippen molar-refractivity contribution < 1.29 is 14.0 Å². The van der Waals surface area contributed by atoms with Gasteiger partial charge in [-0.3, -0.25) is 9.59 Å². The molecule has 2 aromatic carbocycles. The lowest BCUT2D eigenvalue weighted by Gasteiger charge is -2.12. The van der Waals surface area contributed by atoms with Crippen molar-refractivity contribution in [2.45, 2.75) is 29.4 Å². The lowest BCUT2D eigenvalue weighted by Crippen LogP contribution is -2.12. The molecule has 25 heavy (non-hydrogen) atoms. The molecule has 0 saturated heterocycles. The molecule has 1 saturated carbocycles. The number of carbonyl (C=O) groups excluding carboxylic acids is 2. The number of anilines is 1. The van der Waals surface area contributed by atoms with Crippen LogP contribution in [-0.2, 0) is 4.79 Å². The van der Waals surface area contributed by atoms with Gasteiger partial charge in [0.1, 0.15) is 11.6 Å². The molecule has 0 aromatic heterocycles. The van der Waals surface area contributed by atoms with Gasteiger partial charge in [-0.2, -0.15) is 0 Å². The molecule has 0 heterocycles. The molecule has 130 valence electrons. The van der Waals surface area contributed by atoms with Crippen LogP contribution in [0.15, 0.2) is 41.3 Å². The van der Waals surface area contributed by atoms with Crippen LogP contribution in [-0.4, -0.2) is 16.9 Å². The molecular formula is C18H14ClFINO2S. The zero-order valence-corrected chi connectivity index (χ0v) is 16.8. The van der Waals surface area contributed by atoms with E-state index in [9.17, 15) is 14.0 Å². The van der Waals surface area contributed by atoms with Crippen molar-refractivity contribution in [2.24, 2.45) is 0 Å². The number of amides is 1. The predicted molar refractivity (Wildman–Crippen MR) is 107 cm³/mol. The van der Waals surface area contributed by atoms with Crippen molar-refractivity contribution in [3.63, 3.8) is 0 Å². The Kier molecular flexibility index (Phi) is 6.01. The third-order valence-corrected chi connectivity index (χ3v) is 6.79. The van der Waals surface area contributed by atoms with E-state index in [0.29, 0.717) is 29.9 Å². The second-order valence-corrected chi connectivity index (χ2v) is 8.66. The molecular weight excluding hydrogens is 476 g/mol. The summed E-state index contributed by atoms with van der Waals surface area (Å²) in [6.07, 6.45) is 2.11. The van der Waals surface area contributed by atoms with Crippen LogP contribution in [0.3, 0.4) is 0 Å². The maximum atomic E-state index is 13.2. The lowest BCUT2D eigenvalue weighted by atomic mass is 10.2. The number of thioether (sulfide) groups is 1. The van der Waals surface area contributed by atoms with E-state index < -0.39 is 5.82 Å². The summed E-state index contributed by atoms with van der Waals surface area (Å²) in [4.78, 5) is 24.9. The number of carbonyl (C=O) groups is 2. The second-order valence-electron chi connectivity index (χ2n) is 5.75. The normalized spacial score (nSPS) is 16.9. The Morgan fingerprint density at radius 2 is 2.08 bits per heavy atom. The highest BCUT2D eigenvalue weighted by Gasteiger charge is 2.24. The number of Topliss-reactive ketones (excluding diaryl/α,β-unsaturated/α-hetero) is 1. The zero-order chi connectivity index (χ0) is 18.0.